The average molecular weight is 1670 g/mol. The number of carbonyl (C=O) groups excluding carboxylic acids is 6. The highest BCUT2D eigenvalue weighted by Crippen LogP contribution is 2.27. The Morgan fingerprint density at radius 2 is 0.706 bits per heavy atom. The molecule has 0 unspecified atom stereocenters. The van der Waals surface area contributed by atoms with Crippen LogP contribution < -0.4 is 43.4 Å². The molecule has 8 aromatic rings. The minimum Gasteiger partial charge on any atom is -0.508 e. The van der Waals surface area contributed by atoms with Gasteiger partial charge < -0.3 is 87.5 Å². The number of nitrogens with zero attached hydrogens (tertiary/aromatic N) is 8. The summed E-state index contributed by atoms with van der Waals surface area (Å²) in [4.78, 5) is 106. The van der Waals surface area contributed by atoms with Crippen molar-refractivity contribution in [3.63, 3.8) is 0 Å². The third-order valence-electron chi connectivity index (χ3n) is 16.8. The number of phenols is 2. The molecule has 39 heteroatoms. The Bertz CT molecular complexity index is 4080. The van der Waals surface area contributed by atoms with Gasteiger partial charge in [0.1, 0.15) is 35.0 Å². The normalized spacial score (nSPS) is 12.1. The van der Waals surface area contributed by atoms with Crippen LogP contribution in [0.2, 0.25) is 0 Å². The molecule has 14 N–H and O–H groups in total. The molecule has 0 saturated carbocycles. The zero-order valence-electron chi connectivity index (χ0n) is 64.7. The smallest absolute Gasteiger partial charge is 0.490 e. The van der Waals surface area contributed by atoms with Crippen molar-refractivity contribution in [1.82, 2.24) is 61.9 Å². The summed E-state index contributed by atoms with van der Waals surface area (Å²) in [5.74, 6) is -9.00. The lowest BCUT2D eigenvalue weighted by Crippen LogP contribution is -2.48. The fourth-order valence-corrected chi connectivity index (χ4v) is 10.9. The van der Waals surface area contributed by atoms with Gasteiger partial charge in [-0.1, -0.05) is 156 Å². The number of aliphatic carboxylic acids is 2. The van der Waals surface area contributed by atoms with Gasteiger partial charge in [0.15, 0.2) is 11.9 Å². The minimum atomic E-state index is -5.08. The highest BCUT2D eigenvalue weighted by molar-refractivity contribution is 5.95. The number of aryl methyl sites for hydroxylation is 2. The lowest BCUT2D eigenvalue weighted by molar-refractivity contribution is -0.193. The van der Waals surface area contributed by atoms with Crippen LogP contribution in [-0.2, 0) is 101 Å². The summed E-state index contributed by atoms with van der Waals surface area (Å²) in [5.41, 5.74) is 18.1. The van der Waals surface area contributed by atoms with Crippen LogP contribution in [0.1, 0.15) is 108 Å². The first-order valence-electron chi connectivity index (χ1n) is 37.5. The molecule has 0 bridgehead atoms. The molecule has 2 atom stereocenters. The van der Waals surface area contributed by atoms with Crippen molar-refractivity contribution in [3.05, 3.63) is 227 Å². The maximum Gasteiger partial charge on any atom is 0.490 e. The summed E-state index contributed by atoms with van der Waals surface area (Å²) >= 11 is 0. The average Bonchev–Trinajstić information content (AvgIpc) is 1.61. The number of alkyl halides is 6. The van der Waals surface area contributed by atoms with Crippen LogP contribution in [0.5, 0.6) is 11.5 Å². The van der Waals surface area contributed by atoms with Crippen LogP contribution in [0.25, 0.3) is 0 Å². The molecule has 0 saturated heterocycles. The van der Waals surface area contributed by atoms with E-state index in [1.807, 2.05) is 121 Å². The molecule has 2 aromatic heterocycles. The van der Waals surface area contributed by atoms with Crippen molar-refractivity contribution in [3.8, 4) is 11.5 Å². The Labute approximate surface area is 680 Å². The number of nitrogens with two attached hydrogens (primary N) is 2. The number of hydrogen-bond donors (Lipinski definition) is 12. The largest absolute Gasteiger partial charge is 0.508 e. The zero-order valence-corrected chi connectivity index (χ0v) is 64.7. The quantitative estimate of drug-likeness (QED) is 0.00829. The number of benzene rings is 6. The maximum absolute atomic E-state index is 14.0. The number of carboxylic acid groups (broad SMARTS) is 2. The SMILES string of the molecule is NC(=NC(=O)CCCn1cc(COCCOCCOCCOCCOCc2cn(CCCC(=O)N=C(N)NCCC[C@@H](NC(=O)C(c3ccccc3)c3ccccc3)C(=O)NCc3ccc(O)cc3)nn2)nn1)NCCC[C@@H](NC(=O)C(c1ccccc1)c1ccccc1)C(=O)NCc1ccc(O)cc1.O=C(O)C(F)(F)F.O=C(O)C(F)(F)F. The van der Waals surface area contributed by atoms with Crippen molar-refractivity contribution < 1.29 is 109 Å². The minimum absolute atomic E-state index is 0.0602. The third-order valence-corrected chi connectivity index (χ3v) is 16.8. The molecule has 640 valence electrons. The van der Waals surface area contributed by atoms with E-state index < -0.39 is 60.0 Å². The highest BCUT2D eigenvalue weighted by Gasteiger charge is 2.39. The topological polar surface area (TPSA) is 474 Å². The number of ether oxygens (including phenoxy) is 5. The predicted molar refractivity (Wildman–Crippen MR) is 419 cm³/mol. The third kappa shape index (κ3) is 38.3. The number of hydrogen-bond acceptors (Lipinski definition) is 19. The van der Waals surface area contributed by atoms with Gasteiger partial charge in [-0.2, -0.15) is 36.3 Å². The van der Waals surface area contributed by atoms with Crippen LogP contribution in [0.3, 0.4) is 0 Å². The molecule has 119 heavy (non-hydrogen) atoms. The van der Waals surface area contributed by atoms with Crippen LogP contribution in [0.4, 0.5) is 26.3 Å². The van der Waals surface area contributed by atoms with Crippen LogP contribution in [0, 0.1) is 0 Å². The summed E-state index contributed by atoms with van der Waals surface area (Å²) < 4.78 is 94.9. The van der Waals surface area contributed by atoms with E-state index in [1.165, 1.54) is 24.3 Å². The van der Waals surface area contributed by atoms with Crippen molar-refractivity contribution in [2.75, 3.05) is 65.9 Å². The van der Waals surface area contributed by atoms with Gasteiger partial charge in [-0.25, -0.2) is 9.59 Å². The van der Waals surface area contributed by atoms with E-state index in [1.54, 1.807) is 46.0 Å². The molecule has 33 nitrogen and oxygen atoms in total. The van der Waals surface area contributed by atoms with E-state index in [9.17, 15) is 65.3 Å². The lowest BCUT2D eigenvalue weighted by Gasteiger charge is -2.23. The second-order valence-corrected chi connectivity index (χ2v) is 26.0. The van der Waals surface area contributed by atoms with Crippen molar-refractivity contribution in [2.24, 2.45) is 21.5 Å². The molecule has 2 heterocycles. The first-order valence-corrected chi connectivity index (χ1v) is 37.5. The summed E-state index contributed by atoms with van der Waals surface area (Å²) in [7, 11) is 0. The van der Waals surface area contributed by atoms with Crippen LogP contribution in [-0.4, -0.2) is 200 Å². The summed E-state index contributed by atoms with van der Waals surface area (Å²) in [6.45, 7) is 5.09. The summed E-state index contributed by atoms with van der Waals surface area (Å²) in [5, 5.41) is 67.8. The Balaban J connectivity index is 0.00000144. The molecule has 6 amide bonds. The highest BCUT2D eigenvalue weighted by atomic mass is 19.4. The molecular weight excluding hydrogens is 1570 g/mol. The first-order chi connectivity index (χ1) is 57.1. The number of aliphatic imine (C=N–C) groups is 2. The van der Waals surface area contributed by atoms with Crippen LogP contribution >= 0.6 is 0 Å². The molecule has 8 rings (SSSR count). The fourth-order valence-electron chi connectivity index (χ4n) is 10.9. The van der Waals surface area contributed by atoms with Gasteiger partial charge in [0.05, 0.1) is 90.3 Å². The number of halogens is 6. The fraction of sp³-hybridized carbons (Fsp3) is 0.375. The number of amides is 6. The Kier molecular flexibility index (Phi) is 41.6. The number of guanidine groups is 2. The van der Waals surface area contributed by atoms with E-state index >= 15 is 0 Å². The van der Waals surface area contributed by atoms with E-state index in [0.29, 0.717) is 103 Å². The number of rotatable bonds is 46. The summed E-state index contributed by atoms with van der Waals surface area (Å²) in [6.07, 6.45) is -4.27. The van der Waals surface area contributed by atoms with Crippen molar-refractivity contribution in [2.45, 2.75) is 127 Å². The molecule has 0 fully saturated rings. The molecule has 0 spiro atoms. The summed E-state index contributed by atoms with van der Waals surface area (Å²) in [6, 6.07) is 48.6. The Morgan fingerprint density at radius 1 is 0.412 bits per heavy atom. The molecule has 0 radical (unpaired) electrons. The molecule has 6 aromatic carbocycles. The Hall–Kier alpha value is -12.7. The van der Waals surface area contributed by atoms with Crippen LogP contribution in [0.15, 0.2) is 192 Å². The second-order valence-electron chi connectivity index (χ2n) is 26.0. The molecule has 0 aliphatic rings. The van der Waals surface area contributed by atoms with E-state index in [0.717, 1.165) is 33.4 Å². The van der Waals surface area contributed by atoms with E-state index in [2.05, 4.69) is 62.5 Å². The van der Waals surface area contributed by atoms with Crippen molar-refractivity contribution in [1.29, 1.82) is 0 Å². The number of nitrogens with one attached hydrogen (secondary N) is 6. The molecule has 0 aliphatic heterocycles. The Morgan fingerprint density at radius 3 is 1.00 bits per heavy atom. The number of phenolic OH excluding ortho intramolecular Hbond substituents is 2. The number of carbonyl (C=O) groups is 8. The second kappa shape index (κ2) is 52.1. The first kappa shape index (κ1) is 95.1. The maximum atomic E-state index is 14.0. The van der Waals surface area contributed by atoms with E-state index in [-0.39, 0.29) is 112 Å². The number of aromatic nitrogens is 6. The van der Waals surface area contributed by atoms with Crippen molar-refractivity contribution >= 4 is 59.3 Å². The van der Waals surface area contributed by atoms with Gasteiger partial charge in [0.2, 0.25) is 35.4 Å². The predicted octanol–water partition coefficient (Wildman–Crippen LogP) is 6.58. The van der Waals surface area contributed by atoms with Gasteiger partial charge in [0, 0.05) is 52.1 Å². The van der Waals surface area contributed by atoms with Gasteiger partial charge in [-0.15, -0.1) is 10.2 Å². The molecule has 0 aliphatic carbocycles. The number of carboxylic acids is 2. The van der Waals surface area contributed by atoms with Gasteiger partial charge in [0.25, 0.3) is 0 Å². The van der Waals surface area contributed by atoms with Gasteiger partial charge in [-0.05, 0) is 96.2 Å². The number of aromatic hydroxyl groups is 2. The van der Waals surface area contributed by atoms with E-state index in [4.69, 9.17) is 55.0 Å². The standard InChI is InChI=1S/C76H94N16O13.2C2HF3O2/c77-75(79-37-13-25-65(71(97)81-49-55-29-33-63(93)34-30-55)83-73(99)69(57-17-5-1-6-18-57)58-19-7-2-8-20-58)85-67(95)27-15-39-91-51-61(87-89-91)53-104-47-45-102-43-41-101-42-44-103-46-48-105-54-62-52-92(90-88-62)40-16-28-68(96)86-76(78)80-38-14-26-66(72(98)82-50-56-31-35-64(94)36-32-56)84-74(100)70(59-21-9-3-10-22-59)60-23-11-4-12-24-60;2*3-2(4,5)1(6)7/h1-12,17-24,29-36,51-52,65-66,69-70,93-94H,13-16,25-28,37-50,53-54H2,(H,81,97)(H,82,98)(H,83,99)(H,84,100)(H3,77,79,85,95)(H3,78,80,86,96);2*(H,6,7)/t65-,66-;;/m1../s1. The monoisotopic (exact) mass is 1670 g/mol. The zero-order chi connectivity index (χ0) is 86.2. The van der Waals surface area contributed by atoms with Gasteiger partial charge >= 0.3 is 24.3 Å². The molecular formula is C80H96F6N16O17. The lowest BCUT2D eigenvalue weighted by atomic mass is 9.90. The van der Waals surface area contributed by atoms with Gasteiger partial charge in [-0.3, -0.25) is 38.1 Å².